The first-order valence-corrected chi connectivity index (χ1v) is 30.7. The fourth-order valence-electron chi connectivity index (χ4n) is 9.46. The monoisotopic (exact) mass is 1030 g/mol. The minimum absolute atomic E-state index is 0.195. The highest BCUT2D eigenvalue weighted by Gasteiger charge is 2.44. The van der Waals surface area contributed by atoms with Crippen LogP contribution in [0.5, 0.6) is 0 Å². The Morgan fingerprint density at radius 3 is 1.32 bits per heavy atom. The molecule has 1 heterocycles. The number of allylic oxidation sites excluding steroid dienone is 11. The SMILES string of the molecule is CC/C=C\C/C=C\C/C=C\C/C=C\CCCCCCCCCCC(=O)NC(COC1OC(CO)C(O)C(O)C1O)C(O)/C=C/CC/C=C/CCCCCCCCCCCCCCCCCCCCCCCCC. The number of nitrogens with one attached hydrogen (secondary N) is 1. The second-order valence-electron chi connectivity index (χ2n) is 21.1. The lowest BCUT2D eigenvalue weighted by molar-refractivity contribution is -0.302. The number of aliphatic hydroxyl groups is 5. The first-order valence-electron chi connectivity index (χ1n) is 30.7. The van der Waals surface area contributed by atoms with E-state index in [0.717, 1.165) is 77.0 Å². The molecule has 0 aromatic rings. The molecule has 7 atom stereocenters. The quantitative estimate of drug-likeness (QED) is 0.0261. The molecule has 1 aliphatic heterocycles. The third kappa shape index (κ3) is 42.4. The second-order valence-corrected chi connectivity index (χ2v) is 21.1. The van der Waals surface area contributed by atoms with Crippen LogP contribution in [0.3, 0.4) is 0 Å². The molecular formula is C64H115NO8. The third-order valence-electron chi connectivity index (χ3n) is 14.3. The minimum atomic E-state index is -1.58. The number of carbonyl (C=O) groups is 1. The molecule has 9 heteroatoms. The van der Waals surface area contributed by atoms with Crippen molar-refractivity contribution in [2.45, 2.75) is 314 Å². The van der Waals surface area contributed by atoms with Crippen LogP contribution in [0.15, 0.2) is 72.9 Å². The fraction of sp³-hybridized carbons (Fsp3) is 0.797. The maximum Gasteiger partial charge on any atom is 0.220 e. The standard InChI is InChI=1S/C64H115NO8/c1-3-5-7-9-11-13-15-17-19-21-23-25-26-27-28-29-30-31-32-34-35-37-39-41-43-45-47-49-51-53-58(67)57(56-72-64-63(71)62(70)61(69)59(55-66)73-64)65-60(68)54-52-50-48-46-44-42-40-38-36-33-24-22-20-18-16-14-12-10-8-6-4-2/h6,8,12,14,18,20,24,33,43,45,51,53,57-59,61-64,66-67,69-71H,3-5,7,9-11,13,15-17,19,21-23,25-32,34-42,44,46-50,52,54-56H2,1-2H3,(H,65,68)/b8-6-,14-12-,20-18-,33-24-,45-43+,53-51+. The summed E-state index contributed by atoms with van der Waals surface area (Å²) in [6, 6.07) is -0.831. The van der Waals surface area contributed by atoms with Crippen molar-refractivity contribution >= 4 is 5.91 Å². The van der Waals surface area contributed by atoms with Crippen LogP contribution in [0.4, 0.5) is 0 Å². The van der Waals surface area contributed by atoms with Crippen LogP contribution in [0.2, 0.25) is 0 Å². The zero-order valence-electron chi connectivity index (χ0n) is 47.1. The molecule has 0 aromatic carbocycles. The number of unbranched alkanes of at least 4 members (excludes halogenated alkanes) is 32. The summed E-state index contributed by atoms with van der Waals surface area (Å²) >= 11 is 0. The highest BCUT2D eigenvalue weighted by Crippen LogP contribution is 2.23. The average Bonchev–Trinajstić information content (AvgIpc) is 3.39. The molecule has 7 unspecified atom stereocenters. The summed E-state index contributed by atoms with van der Waals surface area (Å²) in [7, 11) is 0. The summed E-state index contributed by atoms with van der Waals surface area (Å²) in [5.41, 5.74) is 0. The normalized spacial score (nSPS) is 19.6. The molecule has 0 aromatic heterocycles. The number of carbonyl (C=O) groups excluding carboxylic acids is 1. The van der Waals surface area contributed by atoms with E-state index in [1.54, 1.807) is 6.08 Å². The van der Waals surface area contributed by atoms with Gasteiger partial charge in [-0.2, -0.15) is 0 Å². The van der Waals surface area contributed by atoms with E-state index in [1.807, 2.05) is 6.08 Å². The smallest absolute Gasteiger partial charge is 0.220 e. The molecule has 73 heavy (non-hydrogen) atoms. The van der Waals surface area contributed by atoms with Gasteiger partial charge in [0.25, 0.3) is 0 Å². The van der Waals surface area contributed by atoms with Crippen LogP contribution in [0, 0.1) is 0 Å². The number of rotatable bonds is 52. The molecule has 424 valence electrons. The highest BCUT2D eigenvalue weighted by molar-refractivity contribution is 5.76. The van der Waals surface area contributed by atoms with Crippen LogP contribution in [-0.2, 0) is 14.3 Å². The van der Waals surface area contributed by atoms with Crippen LogP contribution < -0.4 is 5.32 Å². The number of aliphatic hydroxyl groups excluding tert-OH is 5. The average molecular weight is 1030 g/mol. The summed E-state index contributed by atoms with van der Waals surface area (Å²) < 4.78 is 11.3. The van der Waals surface area contributed by atoms with E-state index >= 15 is 0 Å². The molecule has 1 saturated heterocycles. The maximum absolute atomic E-state index is 13.1. The Hall–Kier alpha value is -2.37. The Kier molecular flexibility index (Phi) is 49.9. The largest absolute Gasteiger partial charge is 0.394 e. The van der Waals surface area contributed by atoms with Gasteiger partial charge in [-0.3, -0.25) is 4.79 Å². The van der Waals surface area contributed by atoms with Gasteiger partial charge < -0.3 is 40.3 Å². The first-order chi connectivity index (χ1) is 35.8. The van der Waals surface area contributed by atoms with Crippen LogP contribution >= 0.6 is 0 Å². The molecule has 1 fully saturated rings. The second kappa shape index (κ2) is 53.0. The lowest BCUT2D eigenvalue weighted by Crippen LogP contribution is -2.60. The van der Waals surface area contributed by atoms with Crippen molar-refractivity contribution < 1.29 is 39.8 Å². The highest BCUT2D eigenvalue weighted by atomic mass is 16.7. The molecular weight excluding hydrogens is 911 g/mol. The summed E-state index contributed by atoms with van der Waals surface area (Å²) in [5.74, 6) is -0.195. The van der Waals surface area contributed by atoms with Crippen LogP contribution in [0.25, 0.3) is 0 Å². The number of amides is 1. The van der Waals surface area contributed by atoms with Gasteiger partial charge in [-0.15, -0.1) is 0 Å². The van der Waals surface area contributed by atoms with E-state index in [0.29, 0.717) is 6.42 Å². The van der Waals surface area contributed by atoms with E-state index in [4.69, 9.17) is 9.47 Å². The molecule has 1 aliphatic rings. The van der Waals surface area contributed by atoms with Crippen LogP contribution in [-0.4, -0.2) is 87.5 Å². The van der Waals surface area contributed by atoms with Crippen molar-refractivity contribution in [1.29, 1.82) is 0 Å². The van der Waals surface area contributed by atoms with Gasteiger partial charge in [-0.25, -0.2) is 0 Å². The Labute approximate surface area is 448 Å². The van der Waals surface area contributed by atoms with Crippen molar-refractivity contribution in [1.82, 2.24) is 5.32 Å². The Bertz CT molecular complexity index is 1380. The van der Waals surface area contributed by atoms with Gasteiger partial charge in [0.15, 0.2) is 6.29 Å². The molecule has 6 N–H and O–H groups in total. The fourth-order valence-corrected chi connectivity index (χ4v) is 9.46. The van der Waals surface area contributed by atoms with Crippen LogP contribution in [0.1, 0.15) is 271 Å². The zero-order valence-corrected chi connectivity index (χ0v) is 47.1. The lowest BCUT2D eigenvalue weighted by Gasteiger charge is -2.40. The van der Waals surface area contributed by atoms with Crippen molar-refractivity contribution in [2.24, 2.45) is 0 Å². The van der Waals surface area contributed by atoms with E-state index < -0.39 is 49.5 Å². The summed E-state index contributed by atoms with van der Waals surface area (Å²) in [6.45, 7) is 3.67. The molecule has 0 bridgehead atoms. The predicted molar refractivity (Wildman–Crippen MR) is 309 cm³/mol. The van der Waals surface area contributed by atoms with E-state index in [-0.39, 0.29) is 12.5 Å². The van der Waals surface area contributed by atoms with Gasteiger partial charge in [0.05, 0.1) is 25.4 Å². The Balaban J connectivity index is 2.22. The van der Waals surface area contributed by atoms with Crippen molar-refractivity contribution in [3.05, 3.63) is 72.9 Å². The Morgan fingerprint density at radius 2 is 0.863 bits per heavy atom. The maximum atomic E-state index is 13.1. The minimum Gasteiger partial charge on any atom is -0.394 e. The number of hydrogen-bond acceptors (Lipinski definition) is 8. The topological polar surface area (TPSA) is 149 Å². The van der Waals surface area contributed by atoms with E-state index in [1.165, 1.54) is 173 Å². The van der Waals surface area contributed by atoms with Gasteiger partial charge >= 0.3 is 0 Å². The molecule has 0 aliphatic carbocycles. The molecule has 0 spiro atoms. The number of ether oxygens (including phenoxy) is 2. The van der Waals surface area contributed by atoms with Gasteiger partial charge in [-0.1, -0.05) is 267 Å². The Morgan fingerprint density at radius 1 is 0.479 bits per heavy atom. The summed E-state index contributed by atoms with van der Waals surface area (Å²) in [4.78, 5) is 13.1. The van der Waals surface area contributed by atoms with Crippen molar-refractivity contribution in [2.75, 3.05) is 13.2 Å². The lowest BCUT2D eigenvalue weighted by atomic mass is 9.99. The van der Waals surface area contributed by atoms with Gasteiger partial charge in [0, 0.05) is 6.42 Å². The van der Waals surface area contributed by atoms with Crippen molar-refractivity contribution in [3.63, 3.8) is 0 Å². The third-order valence-corrected chi connectivity index (χ3v) is 14.3. The van der Waals surface area contributed by atoms with Gasteiger partial charge in [0.2, 0.25) is 5.91 Å². The first kappa shape index (κ1) is 68.6. The van der Waals surface area contributed by atoms with Gasteiger partial charge in [-0.05, 0) is 70.6 Å². The number of hydrogen-bond donors (Lipinski definition) is 6. The predicted octanol–water partition coefficient (Wildman–Crippen LogP) is 15.6. The molecule has 0 saturated carbocycles. The summed E-state index contributed by atoms with van der Waals surface area (Å²) in [6.07, 6.45) is 67.0. The van der Waals surface area contributed by atoms with Crippen molar-refractivity contribution in [3.8, 4) is 0 Å². The molecule has 1 amide bonds. The zero-order chi connectivity index (χ0) is 52.9. The molecule has 9 nitrogen and oxygen atoms in total. The van der Waals surface area contributed by atoms with Gasteiger partial charge in [0.1, 0.15) is 24.4 Å². The molecule has 1 rings (SSSR count). The van der Waals surface area contributed by atoms with E-state index in [9.17, 15) is 30.3 Å². The summed E-state index contributed by atoms with van der Waals surface area (Å²) in [5, 5.41) is 54.6. The molecule has 0 radical (unpaired) electrons. The van der Waals surface area contributed by atoms with E-state index in [2.05, 4.69) is 79.9 Å².